The molecule has 7 heteroatoms. The van der Waals surface area contributed by atoms with Crippen LogP contribution in [0, 0.1) is 5.82 Å². The van der Waals surface area contributed by atoms with Gasteiger partial charge in [0.05, 0.1) is 0 Å². The highest BCUT2D eigenvalue weighted by molar-refractivity contribution is 6.74. The summed E-state index contributed by atoms with van der Waals surface area (Å²) in [4.78, 5) is 0. The van der Waals surface area contributed by atoms with Gasteiger partial charge in [-0.3, -0.25) is 0 Å². The van der Waals surface area contributed by atoms with E-state index in [4.69, 9.17) is 4.43 Å². The number of aliphatic hydroxyl groups excluding tert-OH is 1. The van der Waals surface area contributed by atoms with E-state index in [1.807, 2.05) is 20.8 Å². The maximum absolute atomic E-state index is 14.8. The Kier molecular flexibility index (Phi) is 6.76. The lowest BCUT2D eigenvalue weighted by atomic mass is 9.77. The van der Waals surface area contributed by atoms with Crippen LogP contribution < -0.4 is 0 Å². The first-order valence-corrected chi connectivity index (χ1v) is 11.5. The van der Waals surface area contributed by atoms with Crippen LogP contribution in [0.3, 0.4) is 0 Å². The maximum Gasteiger partial charge on any atom is 0.297 e. The van der Waals surface area contributed by atoms with Crippen LogP contribution in [0.4, 0.5) is 17.6 Å². The predicted octanol–water partition coefficient (Wildman–Crippen LogP) is 5.46. The van der Waals surface area contributed by atoms with Gasteiger partial charge in [0.1, 0.15) is 18.6 Å². The first-order chi connectivity index (χ1) is 11.5. The van der Waals surface area contributed by atoms with Crippen molar-refractivity contribution in [1.29, 1.82) is 0 Å². The van der Waals surface area contributed by atoms with Gasteiger partial charge in [-0.05, 0) is 29.8 Å². The minimum atomic E-state index is -3.79. The molecule has 1 aromatic rings. The molecule has 1 rings (SSSR count). The second-order valence-corrected chi connectivity index (χ2v) is 13.7. The Morgan fingerprint density at radius 2 is 1.58 bits per heavy atom. The summed E-state index contributed by atoms with van der Waals surface area (Å²) >= 11 is 0. The van der Waals surface area contributed by atoms with Crippen LogP contribution in [0.15, 0.2) is 24.3 Å². The largest absolute Gasteiger partial charge is 0.411 e. The van der Waals surface area contributed by atoms with Crippen molar-refractivity contribution in [3.8, 4) is 0 Å². The molecular weight excluding hydrogens is 364 g/mol. The zero-order valence-electron chi connectivity index (χ0n) is 16.5. The number of aliphatic hydroxyl groups is 1. The van der Waals surface area contributed by atoms with Gasteiger partial charge in [0.2, 0.25) is 0 Å². The van der Waals surface area contributed by atoms with Crippen LogP contribution in [0.2, 0.25) is 18.1 Å². The van der Waals surface area contributed by atoms with E-state index < -0.39 is 44.4 Å². The third-order valence-corrected chi connectivity index (χ3v) is 9.88. The van der Waals surface area contributed by atoms with E-state index in [1.54, 1.807) is 13.1 Å². The van der Waals surface area contributed by atoms with Crippen LogP contribution in [0.5, 0.6) is 0 Å². The molecule has 0 bridgehead atoms. The number of benzene rings is 1. The van der Waals surface area contributed by atoms with Crippen molar-refractivity contribution in [3.05, 3.63) is 35.6 Å². The van der Waals surface area contributed by atoms with Crippen LogP contribution in [-0.2, 0) is 9.84 Å². The highest BCUT2D eigenvalue weighted by Gasteiger charge is 2.51. The van der Waals surface area contributed by atoms with Gasteiger partial charge in [-0.25, -0.2) is 17.6 Å². The summed E-state index contributed by atoms with van der Waals surface area (Å²) in [5, 5.41) is 9.72. The maximum atomic E-state index is 14.8. The molecule has 0 unspecified atom stereocenters. The molecule has 26 heavy (non-hydrogen) atoms. The summed E-state index contributed by atoms with van der Waals surface area (Å²) in [6.45, 7) is 10.8. The van der Waals surface area contributed by atoms with Crippen LogP contribution in [0.1, 0.15) is 40.2 Å². The van der Waals surface area contributed by atoms with Crippen molar-refractivity contribution < 1.29 is 27.1 Å². The molecule has 0 saturated heterocycles. The fourth-order valence-corrected chi connectivity index (χ4v) is 3.31. The summed E-state index contributed by atoms with van der Waals surface area (Å²) in [6.07, 6.45) is -4.99. The second kappa shape index (κ2) is 7.60. The van der Waals surface area contributed by atoms with E-state index in [2.05, 4.69) is 0 Å². The molecule has 0 aromatic heterocycles. The molecule has 2 nitrogen and oxygen atoms in total. The lowest BCUT2D eigenvalue weighted by Gasteiger charge is -2.39. The number of alkyl halides is 3. The molecule has 1 aromatic carbocycles. The Bertz CT molecular complexity index is 612. The zero-order chi connectivity index (χ0) is 20.6. The Balaban J connectivity index is 2.98. The highest BCUT2D eigenvalue weighted by atomic mass is 28.4. The normalized spacial score (nSPS) is 16.5. The SMILES string of the molecule is CC(C)(c1ccccc1F)[C@@H](F)[C@H](O)C(F)(F)CO[Si](C)(C)C(C)(C)C. The summed E-state index contributed by atoms with van der Waals surface area (Å²) in [6, 6.07) is 5.39. The van der Waals surface area contributed by atoms with Gasteiger partial charge in [0.25, 0.3) is 5.92 Å². The van der Waals surface area contributed by atoms with E-state index in [-0.39, 0.29) is 10.6 Å². The van der Waals surface area contributed by atoms with Crippen molar-refractivity contribution in [3.63, 3.8) is 0 Å². The van der Waals surface area contributed by atoms with E-state index in [9.17, 15) is 22.7 Å². The van der Waals surface area contributed by atoms with E-state index in [0.717, 1.165) is 6.07 Å². The Morgan fingerprint density at radius 1 is 1.08 bits per heavy atom. The van der Waals surface area contributed by atoms with Crippen molar-refractivity contribution in [1.82, 2.24) is 0 Å². The number of halogens is 4. The molecule has 1 N–H and O–H groups in total. The molecule has 2 atom stereocenters. The van der Waals surface area contributed by atoms with Crippen molar-refractivity contribution in [2.24, 2.45) is 0 Å². The molecule has 0 radical (unpaired) electrons. The number of hydrogen-bond acceptors (Lipinski definition) is 2. The number of rotatable bonds is 7. The first-order valence-electron chi connectivity index (χ1n) is 8.63. The average molecular weight is 395 g/mol. The third-order valence-electron chi connectivity index (χ3n) is 5.40. The van der Waals surface area contributed by atoms with Crippen LogP contribution >= 0.6 is 0 Å². The van der Waals surface area contributed by atoms with Gasteiger partial charge in [0, 0.05) is 5.41 Å². The first kappa shape index (κ1) is 23.1. The van der Waals surface area contributed by atoms with Gasteiger partial charge in [-0.2, -0.15) is 0 Å². The Labute approximate surface area is 154 Å². The van der Waals surface area contributed by atoms with Gasteiger partial charge in [-0.1, -0.05) is 52.8 Å². The molecule has 0 aliphatic rings. The van der Waals surface area contributed by atoms with Crippen molar-refractivity contribution >= 4 is 8.32 Å². The van der Waals surface area contributed by atoms with Gasteiger partial charge < -0.3 is 9.53 Å². The molecule has 0 aliphatic heterocycles. The highest BCUT2D eigenvalue weighted by Crippen LogP contribution is 2.40. The minimum absolute atomic E-state index is 0.0623. The molecule has 0 fully saturated rings. The fourth-order valence-electron chi connectivity index (χ4n) is 2.32. The van der Waals surface area contributed by atoms with Crippen molar-refractivity contribution in [2.75, 3.05) is 6.61 Å². The molecule has 0 heterocycles. The van der Waals surface area contributed by atoms with Gasteiger partial charge in [0.15, 0.2) is 14.4 Å². The van der Waals surface area contributed by atoms with E-state index >= 15 is 0 Å². The molecule has 0 spiro atoms. The molecule has 0 aliphatic carbocycles. The van der Waals surface area contributed by atoms with Crippen molar-refractivity contribution in [2.45, 2.75) is 76.4 Å². The lowest BCUT2D eigenvalue weighted by molar-refractivity contribution is -0.165. The number of hydrogen-bond donors (Lipinski definition) is 1. The fraction of sp³-hybridized carbons (Fsp3) is 0.684. The predicted molar refractivity (Wildman–Crippen MR) is 98.4 cm³/mol. The summed E-state index contributed by atoms with van der Waals surface area (Å²) in [5.74, 6) is -4.49. The van der Waals surface area contributed by atoms with Crippen LogP contribution in [-0.4, -0.2) is 38.2 Å². The monoisotopic (exact) mass is 394 g/mol. The van der Waals surface area contributed by atoms with E-state index in [0.29, 0.717) is 0 Å². The molecule has 150 valence electrons. The summed E-state index contributed by atoms with van der Waals surface area (Å²) in [7, 11) is -2.49. The molecule has 0 saturated carbocycles. The summed E-state index contributed by atoms with van der Waals surface area (Å²) in [5.41, 5.74) is -1.70. The second-order valence-electron chi connectivity index (χ2n) is 8.86. The quantitative estimate of drug-likeness (QED) is 0.492. The Hall–Kier alpha value is -0.923. The average Bonchev–Trinajstić information content (AvgIpc) is 2.50. The molecule has 0 amide bonds. The topological polar surface area (TPSA) is 29.5 Å². The van der Waals surface area contributed by atoms with E-state index in [1.165, 1.54) is 32.0 Å². The summed E-state index contributed by atoms with van der Waals surface area (Å²) < 4.78 is 63.2. The third kappa shape index (κ3) is 4.87. The van der Waals surface area contributed by atoms with Crippen LogP contribution in [0.25, 0.3) is 0 Å². The Morgan fingerprint density at radius 3 is 2.04 bits per heavy atom. The molecular formula is C19H30F4O2Si. The smallest absolute Gasteiger partial charge is 0.297 e. The zero-order valence-corrected chi connectivity index (χ0v) is 17.5. The van der Waals surface area contributed by atoms with Gasteiger partial charge >= 0.3 is 0 Å². The van der Waals surface area contributed by atoms with Gasteiger partial charge in [-0.15, -0.1) is 0 Å². The standard InChI is InChI=1S/C19H30F4O2Si/c1-17(2,3)26(6,7)25-12-19(22,23)16(24)15(21)18(4,5)13-10-8-9-11-14(13)20/h8-11,15-16,24H,12H2,1-7H3/t15-,16-/m0/s1. The lowest BCUT2D eigenvalue weighted by Crippen LogP contribution is -2.53. The minimum Gasteiger partial charge on any atom is -0.411 e.